The van der Waals surface area contributed by atoms with Crippen molar-refractivity contribution in [2.75, 3.05) is 19.5 Å². The number of aromatic nitrogens is 2. The Balaban J connectivity index is 1.69. The van der Waals surface area contributed by atoms with E-state index in [-0.39, 0.29) is 23.0 Å². The van der Waals surface area contributed by atoms with Crippen LogP contribution in [0.3, 0.4) is 0 Å². The predicted molar refractivity (Wildman–Crippen MR) is 115 cm³/mol. The van der Waals surface area contributed by atoms with Crippen LogP contribution in [0.5, 0.6) is 23.1 Å². The van der Waals surface area contributed by atoms with Gasteiger partial charge in [0.1, 0.15) is 12.0 Å². The highest BCUT2D eigenvalue weighted by Gasteiger charge is 2.26. The molecular formula is C23H22FN3O4. The summed E-state index contributed by atoms with van der Waals surface area (Å²) in [5.74, 6) is 0.891. The molecule has 7 nitrogen and oxygen atoms in total. The Kier molecular flexibility index (Phi) is 5.37. The zero-order chi connectivity index (χ0) is 22.1. The number of para-hydroxylation sites is 1. The summed E-state index contributed by atoms with van der Waals surface area (Å²) in [5, 5.41) is 3.21. The molecule has 1 aliphatic rings. The van der Waals surface area contributed by atoms with Gasteiger partial charge in [-0.25, -0.2) is 9.37 Å². The number of benzene rings is 2. The summed E-state index contributed by atoms with van der Waals surface area (Å²) in [4.78, 5) is 8.70. The quantitative estimate of drug-likeness (QED) is 0.614. The van der Waals surface area contributed by atoms with Crippen molar-refractivity contribution in [3.63, 3.8) is 0 Å². The average Bonchev–Trinajstić information content (AvgIpc) is 2.76. The van der Waals surface area contributed by atoms with Gasteiger partial charge >= 0.3 is 0 Å². The third kappa shape index (κ3) is 3.72. The van der Waals surface area contributed by atoms with E-state index in [0.717, 1.165) is 16.8 Å². The molecule has 0 saturated heterocycles. The van der Waals surface area contributed by atoms with Gasteiger partial charge < -0.3 is 24.3 Å². The Bertz CT molecular complexity index is 1150. The maximum Gasteiger partial charge on any atom is 0.268 e. The lowest BCUT2D eigenvalue weighted by molar-refractivity contribution is 0.356. The standard InChI is InChI=1S/C23H22FN3O4/c1-12-7-6-8-13(2)21(12)26-23-25-10-17-22(27-23)31-18(11-30-17)19-14(3)15(28-4)9-16(29-5)20(19)24/h6-11H,1-5H3,(H,25,26,27). The number of aryl methyl sites for hydroxylation is 2. The second-order valence-corrected chi connectivity index (χ2v) is 7.05. The first-order chi connectivity index (χ1) is 14.9. The summed E-state index contributed by atoms with van der Waals surface area (Å²) >= 11 is 0. The van der Waals surface area contributed by atoms with Crippen LogP contribution in [-0.2, 0) is 0 Å². The van der Waals surface area contributed by atoms with Gasteiger partial charge in [-0.15, -0.1) is 0 Å². The van der Waals surface area contributed by atoms with Gasteiger partial charge in [0.2, 0.25) is 11.7 Å². The van der Waals surface area contributed by atoms with Crippen LogP contribution >= 0.6 is 0 Å². The van der Waals surface area contributed by atoms with E-state index < -0.39 is 5.82 Å². The lowest BCUT2D eigenvalue weighted by Gasteiger charge is -2.21. The number of hydrogen-bond donors (Lipinski definition) is 1. The number of anilines is 2. The number of nitrogens with one attached hydrogen (secondary N) is 1. The van der Waals surface area contributed by atoms with Gasteiger partial charge in [-0.3, -0.25) is 0 Å². The molecule has 1 aliphatic heterocycles. The number of halogens is 1. The third-order valence-corrected chi connectivity index (χ3v) is 5.07. The van der Waals surface area contributed by atoms with Crippen molar-refractivity contribution in [1.29, 1.82) is 0 Å². The number of fused-ring (bicyclic) bond motifs is 1. The molecule has 31 heavy (non-hydrogen) atoms. The Morgan fingerprint density at radius 2 is 1.74 bits per heavy atom. The molecule has 0 aliphatic carbocycles. The lowest BCUT2D eigenvalue weighted by atomic mass is 10.0. The van der Waals surface area contributed by atoms with Crippen molar-refractivity contribution in [2.24, 2.45) is 0 Å². The largest absolute Gasteiger partial charge is 0.496 e. The number of ether oxygens (including phenoxy) is 4. The van der Waals surface area contributed by atoms with Crippen LogP contribution in [0.15, 0.2) is 36.7 Å². The summed E-state index contributed by atoms with van der Waals surface area (Å²) in [7, 11) is 2.89. The fourth-order valence-corrected chi connectivity index (χ4v) is 3.40. The van der Waals surface area contributed by atoms with E-state index in [9.17, 15) is 0 Å². The van der Waals surface area contributed by atoms with Gasteiger partial charge in [0.25, 0.3) is 5.88 Å². The Morgan fingerprint density at radius 1 is 1.03 bits per heavy atom. The SMILES string of the molecule is COc1cc(OC)c(F)c(C2=COc3cnc(Nc4c(C)cccc4C)nc3O2)c1C. The van der Waals surface area contributed by atoms with Crippen LogP contribution in [0.2, 0.25) is 0 Å². The first-order valence-electron chi connectivity index (χ1n) is 9.59. The number of methoxy groups -OCH3 is 2. The Labute approximate surface area is 179 Å². The molecule has 0 atom stereocenters. The van der Waals surface area contributed by atoms with E-state index in [1.807, 2.05) is 32.0 Å². The molecule has 0 bridgehead atoms. The van der Waals surface area contributed by atoms with Crippen molar-refractivity contribution in [2.45, 2.75) is 20.8 Å². The summed E-state index contributed by atoms with van der Waals surface area (Å²) in [6.07, 6.45) is 2.81. The molecule has 1 aromatic heterocycles. The van der Waals surface area contributed by atoms with E-state index in [1.165, 1.54) is 32.7 Å². The molecule has 160 valence electrons. The molecule has 8 heteroatoms. The highest BCUT2D eigenvalue weighted by atomic mass is 19.1. The summed E-state index contributed by atoms with van der Waals surface area (Å²) in [5.41, 5.74) is 3.74. The van der Waals surface area contributed by atoms with Crippen molar-refractivity contribution < 1.29 is 23.3 Å². The summed E-state index contributed by atoms with van der Waals surface area (Å²) in [6.45, 7) is 5.72. The highest BCUT2D eigenvalue weighted by Crippen LogP contribution is 2.40. The van der Waals surface area contributed by atoms with Crippen LogP contribution in [0, 0.1) is 26.6 Å². The minimum atomic E-state index is -0.581. The zero-order valence-corrected chi connectivity index (χ0v) is 17.9. The predicted octanol–water partition coefficient (Wildman–Crippen LogP) is 5.07. The molecule has 0 spiro atoms. The van der Waals surface area contributed by atoms with Gasteiger partial charge in [0.15, 0.2) is 17.3 Å². The van der Waals surface area contributed by atoms with Crippen LogP contribution in [0.25, 0.3) is 5.76 Å². The Morgan fingerprint density at radius 3 is 2.42 bits per heavy atom. The van der Waals surface area contributed by atoms with E-state index in [0.29, 0.717) is 23.0 Å². The van der Waals surface area contributed by atoms with Crippen LogP contribution < -0.4 is 24.3 Å². The van der Waals surface area contributed by atoms with Crippen molar-refractivity contribution >= 4 is 17.4 Å². The molecule has 2 heterocycles. The maximum atomic E-state index is 15.1. The number of hydrogen-bond acceptors (Lipinski definition) is 7. The molecule has 0 amide bonds. The second kappa shape index (κ2) is 8.14. The second-order valence-electron chi connectivity index (χ2n) is 7.05. The minimum absolute atomic E-state index is 0.0350. The molecule has 0 saturated carbocycles. The Hall–Kier alpha value is -3.81. The molecule has 3 aromatic rings. The molecule has 2 aromatic carbocycles. The number of rotatable bonds is 5. The fraction of sp³-hybridized carbons (Fsp3) is 0.217. The normalized spacial score (nSPS) is 12.3. The number of nitrogens with zero attached hydrogens (tertiary/aromatic N) is 2. The van der Waals surface area contributed by atoms with Crippen molar-refractivity contribution in [1.82, 2.24) is 9.97 Å². The zero-order valence-electron chi connectivity index (χ0n) is 17.9. The van der Waals surface area contributed by atoms with Crippen molar-refractivity contribution in [3.8, 4) is 23.1 Å². The molecule has 4 rings (SSSR count). The van der Waals surface area contributed by atoms with E-state index in [4.69, 9.17) is 18.9 Å². The molecule has 1 N–H and O–H groups in total. The lowest BCUT2D eigenvalue weighted by Crippen LogP contribution is -2.11. The van der Waals surface area contributed by atoms with Crippen molar-refractivity contribution in [3.05, 3.63) is 64.8 Å². The topological polar surface area (TPSA) is 74.7 Å². The molecule has 0 radical (unpaired) electrons. The van der Waals surface area contributed by atoms with Crippen LogP contribution in [0.1, 0.15) is 22.3 Å². The van der Waals surface area contributed by atoms with E-state index >= 15 is 4.39 Å². The van der Waals surface area contributed by atoms with Gasteiger partial charge in [0.05, 0.1) is 26.0 Å². The highest BCUT2D eigenvalue weighted by molar-refractivity contribution is 5.71. The minimum Gasteiger partial charge on any atom is -0.496 e. The third-order valence-electron chi connectivity index (χ3n) is 5.07. The van der Waals surface area contributed by atoms with Gasteiger partial charge in [0, 0.05) is 17.3 Å². The van der Waals surface area contributed by atoms with Gasteiger partial charge in [-0.2, -0.15) is 4.98 Å². The fourth-order valence-electron chi connectivity index (χ4n) is 3.40. The maximum absolute atomic E-state index is 15.1. The monoisotopic (exact) mass is 423 g/mol. The van der Waals surface area contributed by atoms with Crippen LogP contribution in [-0.4, -0.2) is 24.2 Å². The molecule has 0 unspecified atom stereocenters. The summed E-state index contributed by atoms with van der Waals surface area (Å²) < 4.78 is 37.1. The van der Waals surface area contributed by atoms with Gasteiger partial charge in [-0.1, -0.05) is 18.2 Å². The van der Waals surface area contributed by atoms with E-state index in [1.54, 1.807) is 6.92 Å². The smallest absolute Gasteiger partial charge is 0.268 e. The average molecular weight is 423 g/mol. The van der Waals surface area contributed by atoms with Gasteiger partial charge in [-0.05, 0) is 31.9 Å². The van der Waals surface area contributed by atoms with Crippen LogP contribution in [0.4, 0.5) is 16.0 Å². The van der Waals surface area contributed by atoms with E-state index in [2.05, 4.69) is 15.3 Å². The first kappa shape index (κ1) is 20.5. The summed E-state index contributed by atoms with van der Waals surface area (Å²) in [6, 6.07) is 7.46. The molecule has 0 fully saturated rings. The molecular weight excluding hydrogens is 401 g/mol. The first-order valence-corrected chi connectivity index (χ1v) is 9.59.